The summed E-state index contributed by atoms with van der Waals surface area (Å²) in [5.41, 5.74) is 7.28. The number of nitrogens with two attached hydrogens (primary N) is 1. The molecule has 1 aliphatic rings. The van der Waals surface area contributed by atoms with Gasteiger partial charge >= 0.3 is 0 Å². The Labute approximate surface area is 170 Å². The Morgan fingerprint density at radius 1 is 1.25 bits per heavy atom. The number of nitrogens with zero attached hydrogens (tertiary/aromatic N) is 1. The van der Waals surface area contributed by atoms with E-state index in [0.29, 0.717) is 23.6 Å². The summed E-state index contributed by atoms with van der Waals surface area (Å²) in [5.74, 6) is 0.500. The van der Waals surface area contributed by atoms with Gasteiger partial charge in [-0.05, 0) is 68.2 Å². The zero-order valence-electron chi connectivity index (χ0n) is 16.4. The lowest BCUT2D eigenvalue weighted by atomic mass is 9.90. The number of carbonyl (C=O) groups is 2. The van der Waals surface area contributed by atoms with Crippen LogP contribution in [0.25, 0.3) is 0 Å². The van der Waals surface area contributed by atoms with Crippen LogP contribution in [0.3, 0.4) is 0 Å². The lowest BCUT2D eigenvalue weighted by molar-refractivity contribution is -0.116. The van der Waals surface area contributed by atoms with E-state index in [4.69, 9.17) is 5.73 Å². The summed E-state index contributed by atoms with van der Waals surface area (Å²) in [7, 11) is 0. The Balaban J connectivity index is 1.50. The molecule has 6 heteroatoms. The van der Waals surface area contributed by atoms with Crippen LogP contribution < -0.4 is 11.1 Å². The molecule has 2 amide bonds. The zero-order valence-corrected chi connectivity index (χ0v) is 17.2. The van der Waals surface area contributed by atoms with Crippen molar-refractivity contribution in [1.29, 1.82) is 0 Å². The molecule has 1 atom stereocenters. The minimum absolute atomic E-state index is 0.0149. The van der Waals surface area contributed by atoms with Crippen LogP contribution in [0.4, 0.5) is 5.69 Å². The van der Waals surface area contributed by atoms with E-state index in [9.17, 15) is 9.59 Å². The molecule has 3 N–H and O–H groups in total. The molecule has 3 rings (SSSR count). The smallest absolute Gasteiger partial charge is 0.253 e. The van der Waals surface area contributed by atoms with E-state index in [2.05, 4.69) is 16.8 Å². The van der Waals surface area contributed by atoms with E-state index in [1.807, 2.05) is 36.1 Å². The Kier molecular flexibility index (Phi) is 7.23. The molecular weight excluding hydrogens is 370 g/mol. The number of piperidine rings is 1. The maximum atomic E-state index is 12.8. The topological polar surface area (TPSA) is 75.4 Å². The number of benzene rings is 1. The van der Waals surface area contributed by atoms with Gasteiger partial charge in [-0.2, -0.15) is 0 Å². The van der Waals surface area contributed by atoms with E-state index < -0.39 is 0 Å². The second kappa shape index (κ2) is 9.85. The summed E-state index contributed by atoms with van der Waals surface area (Å²) in [6.07, 6.45) is 4.11. The van der Waals surface area contributed by atoms with Gasteiger partial charge in [0.25, 0.3) is 5.91 Å². The van der Waals surface area contributed by atoms with Gasteiger partial charge in [0.05, 0.1) is 0 Å². The van der Waals surface area contributed by atoms with Crippen LogP contribution in [0.15, 0.2) is 41.8 Å². The normalized spacial score (nSPS) is 16.0. The first-order valence-corrected chi connectivity index (χ1v) is 10.9. The summed E-state index contributed by atoms with van der Waals surface area (Å²) < 4.78 is 0. The summed E-state index contributed by atoms with van der Waals surface area (Å²) in [6.45, 7) is 3.52. The number of likely N-dealkylation sites (tertiary alicyclic amines) is 1. The first-order valence-electron chi connectivity index (χ1n) is 10.00. The molecular formula is C22H29N3O2S. The van der Waals surface area contributed by atoms with E-state index in [1.165, 1.54) is 4.88 Å². The lowest BCUT2D eigenvalue weighted by Gasteiger charge is -2.33. The molecule has 1 aromatic heterocycles. The fourth-order valence-corrected chi connectivity index (χ4v) is 4.39. The molecule has 5 nitrogen and oxygen atoms in total. The van der Waals surface area contributed by atoms with Crippen LogP contribution in [0.2, 0.25) is 0 Å². The second-order valence-electron chi connectivity index (χ2n) is 7.55. The first-order chi connectivity index (χ1) is 13.5. The van der Waals surface area contributed by atoms with Crippen molar-refractivity contribution in [3.05, 3.63) is 52.2 Å². The average molecular weight is 400 g/mol. The number of amides is 2. The van der Waals surface area contributed by atoms with Crippen molar-refractivity contribution in [3.8, 4) is 0 Å². The molecule has 0 bridgehead atoms. The van der Waals surface area contributed by atoms with Gasteiger partial charge in [-0.15, -0.1) is 11.3 Å². The van der Waals surface area contributed by atoms with Crippen molar-refractivity contribution in [3.63, 3.8) is 0 Å². The highest BCUT2D eigenvalue weighted by Gasteiger charge is 2.25. The molecule has 0 radical (unpaired) electrons. The maximum Gasteiger partial charge on any atom is 0.253 e. The van der Waals surface area contributed by atoms with Gasteiger partial charge in [0.2, 0.25) is 5.91 Å². The summed E-state index contributed by atoms with van der Waals surface area (Å²) >= 11 is 1.72. The van der Waals surface area contributed by atoms with Gasteiger partial charge in [0, 0.05) is 41.7 Å². The minimum Gasteiger partial charge on any atom is -0.339 e. The largest absolute Gasteiger partial charge is 0.339 e. The zero-order chi connectivity index (χ0) is 19.9. The van der Waals surface area contributed by atoms with Crippen molar-refractivity contribution in [1.82, 2.24) is 4.90 Å². The van der Waals surface area contributed by atoms with E-state index in [1.54, 1.807) is 17.4 Å². The van der Waals surface area contributed by atoms with Crippen LogP contribution in [0.5, 0.6) is 0 Å². The van der Waals surface area contributed by atoms with Gasteiger partial charge < -0.3 is 16.0 Å². The molecule has 2 aromatic rings. The quantitative estimate of drug-likeness (QED) is 0.741. The molecule has 1 fully saturated rings. The molecule has 0 spiro atoms. The van der Waals surface area contributed by atoms with Gasteiger partial charge in [-0.25, -0.2) is 0 Å². The van der Waals surface area contributed by atoms with Crippen molar-refractivity contribution in [2.75, 3.05) is 18.4 Å². The minimum atomic E-state index is -0.0149. The molecule has 150 valence electrons. The Morgan fingerprint density at radius 3 is 2.71 bits per heavy atom. The van der Waals surface area contributed by atoms with Crippen molar-refractivity contribution >= 4 is 28.8 Å². The fourth-order valence-electron chi connectivity index (χ4n) is 3.64. The highest BCUT2D eigenvalue weighted by molar-refractivity contribution is 7.09. The highest BCUT2D eigenvalue weighted by Crippen LogP contribution is 2.22. The first kappa shape index (κ1) is 20.6. The number of thiophene rings is 1. The number of hydrogen-bond acceptors (Lipinski definition) is 4. The molecule has 1 aromatic carbocycles. The number of carbonyl (C=O) groups excluding carboxylic acids is 2. The standard InChI is InChI=1S/C22H29N3O2S/c1-16(23)17-10-12-25(13-11-17)22(27)18-5-2-6-19(15-18)24-21(26)9-3-7-20-8-4-14-28-20/h2,4-6,8,14-17H,3,7,9-13,23H2,1H3,(H,24,26). The van der Waals surface area contributed by atoms with Crippen molar-refractivity contribution in [2.24, 2.45) is 11.7 Å². The van der Waals surface area contributed by atoms with Crippen LogP contribution in [-0.2, 0) is 11.2 Å². The molecule has 2 heterocycles. The number of nitrogens with one attached hydrogen (secondary N) is 1. The second-order valence-corrected chi connectivity index (χ2v) is 8.58. The Hall–Kier alpha value is -2.18. The summed E-state index contributed by atoms with van der Waals surface area (Å²) in [6, 6.07) is 11.5. The van der Waals surface area contributed by atoms with E-state index in [-0.39, 0.29) is 17.9 Å². The number of anilines is 1. The third-order valence-electron chi connectivity index (χ3n) is 5.37. The highest BCUT2D eigenvalue weighted by atomic mass is 32.1. The van der Waals surface area contributed by atoms with Crippen LogP contribution in [-0.4, -0.2) is 35.8 Å². The molecule has 1 aliphatic heterocycles. The van der Waals surface area contributed by atoms with Crippen molar-refractivity contribution < 1.29 is 9.59 Å². The van der Waals surface area contributed by atoms with E-state index >= 15 is 0 Å². The number of rotatable bonds is 7. The SMILES string of the molecule is CC(N)C1CCN(C(=O)c2cccc(NC(=O)CCCc3cccs3)c2)CC1. The Bertz CT molecular complexity index is 781. The average Bonchev–Trinajstić information content (AvgIpc) is 3.21. The number of hydrogen-bond donors (Lipinski definition) is 2. The Morgan fingerprint density at radius 2 is 2.04 bits per heavy atom. The third-order valence-corrected chi connectivity index (χ3v) is 6.31. The lowest BCUT2D eigenvalue weighted by Crippen LogP contribution is -2.42. The fraction of sp³-hybridized carbons (Fsp3) is 0.455. The van der Waals surface area contributed by atoms with Gasteiger partial charge in [0.15, 0.2) is 0 Å². The monoisotopic (exact) mass is 399 g/mol. The molecule has 1 saturated heterocycles. The van der Waals surface area contributed by atoms with Crippen LogP contribution in [0.1, 0.15) is 47.8 Å². The molecule has 1 unspecified atom stereocenters. The third kappa shape index (κ3) is 5.66. The molecule has 0 aliphatic carbocycles. The maximum absolute atomic E-state index is 12.8. The predicted octanol–water partition coefficient (Wildman–Crippen LogP) is 3.91. The van der Waals surface area contributed by atoms with Gasteiger partial charge in [-0.1, -0.05) is 12.1 Å². The summed E-state index contributed by atoms with van der Waals surface area (Å²) in [5, 5.41) is 4.97. The summed E-state index contributed by atoms with van der Waals surface area (Å²) in [4.78, 5) is 28.2. The van der Waals surface area contributed by atoms with E-state index in [0.717, 1.165) is 38.8 Å². The predicted molar refractivity (Wildman–Crippen MR) is 115 cm³/mol. The molecule has 28 heavy (non-hydrogen) atoms. The van der Waals surface area contributed by atoms with Gasteiger partial charge in [0.1, 0.15) is 0 Å². The number of aryl methyl sites for hydroxylation is 1. The van der Waals surface area contributed by atoms with Crippen LogP contribution >= 0.6 is 11.3 Å². The molecule has 0 saturated carbocycles. The van der Waals surface area contributed by atoms with Gasteiger partial charge in [-0.3, -0.25) is 9.59 Å². The van der Waals surface area contributed by atoms with Crippen molar-refractivity contribution in [2.45, 2.75) is 45.1 Å². The van der Waals surface area contributed by atoms with Crippen LogP contribution in [0, 0.1) is 5.92 Å².